The Morgan fingerprint density at radius 2 is 0.885 bits per heavy atom. The van der Waals surface area contributed by atoms with E-state index in [4.69, 9.17) is 19.7 Å². The third kappa shape index (κ3) is 23.0. The third-order valence-electron chi connectivity index (χ3n) is 22.9. The number of unbranched alkanes of at least 4 members (excludes halogenated alkanes) is 2. The van der Waals surface area contributed by atoms with Crippen LogP contribution < -0.4 is 0 Å². The molecule has 3 aliphatic rings. The highest BCUT2D eigenvalue weighted by atomic mass is 79.9. The highest BCUT2D eigenvalue weighted by Crippen LogP contribution is 2.36. The molecule has 1 N–H and O–H groups in total. The van der Waals surface area contributed by atoms with E-state index < -0.39 is 0 Å². The van der Waals surface area contributed by atoms with Gasteiger partial charge in [-0.3, -0.25) is 14.4 Å². The molecular formula is C99H130BrN9O4. The fraction of sp³-hybridized carbons (Fsp3) is 0.455. The molecule has 0 spiro atoms. The van der Waals surface area contributed by atoms with Gasteiger partial charge in [-0.1, -0.05) is 249 Å². The number of aromatic amines is 1. The fourth-order valence-electron chi connectivity index (χ4n) is 17.1. The van der Waals surface area contributed by atoms with Gasteiger partial charge in [0.2, 0.25) is 17.7 Å². The number of aromatic nitrogens is 6. The largest absolute Gasteiger partial charge is 0.385 e. The number of benzene rings is 9. The topological polar surface area (TPSA) is 134 Å². The Morgan fingerprint density at radius 1 is 0.469 bits per heavy atom. The molecule has 3 fully saturated rings. The van der Waals surface area contributed by atoms with E-state index in [1.807, 2.05) is 0 Å². The zero-order valence-corrected chi connectivity index (χ0v) is 68.6. The first kappa shape index (κ1) is 88.0. The van der Waals surface area contributed by atoms with Crippen LogP contribution in [0.15, 0.2) is 182 Å². The van der Waals surface area contributed by atoms with E-state index in [9.17, 15) is 14.4 Å². The number of ether oxygens (including phenoxy) is 1. The van der Waals surface area contributed by atoms with Crippen LogP contribution in [0.2, 0.25) is 0 Å². The smallest absolute Gasteiger partial charge is 0.222 e. The maximum absolute atomic E-state index is 13.4. The first-order chi connectivity index (χ1) is 53.5. The summed E-state index contributed by atoms with van der Waals surface area (Å²) in [4.78, 5) is 64.8. The lowest BCUT2D eigenvalue weighted by Gasteiger charge is -2.33. The lowest BCUT2D eigenvalue weighted by Crippen LogP contribution is -2.40. The standard InChI is InChI=1S/2C32H39N3O.C28H31N3O.C4H9BrO.3CH4/c1-4-5-18-35-29-14-8-10-24(3)31(29)33-32(35)28-13-9-17-34(22-28)30(36)20-23(2)19-25-15-16-26-11-6-7-12-27(26)21-25;1-4-5-18-35-31-24(3)10-8-14-29(31)33-32(35)28-13-9-17-34(22-28)30(36)20-23(2)19-25-15-16-26-11-6-7-12-27(26)21-25;1-19(15-21-12-13-22-8-3-4-9-23(22)17-21)16-26(32)31-14-6-10-24(18-31)28-29-25-11-5-7-20(2)27(25)30-28;1-6-4-2-3-5;;;/h2*6-8,10-12,14-16,21,23,28H,4-5,9,13,17-20,22H2,1-3H3;3-5,7-9,11-13,17,19,24H,6,10,14-16,18H2,1-2H3,(H,29,30);2-4H2,1H3;3*1H4/t2*23-,28-;19-,24-;;;;/m111..../s1. The number of halogens is 1. The number of nitrogens with zero attached hydrogens (tertiary/aromatic N) is 8. The predicted octanol–water partition coefficient (Wildman–Crippen LogP) is 23.9. The molecule has 0 aliphatic carbocycles. The number of imidazole rings is 3. The number of likely N-dealkylation sites (tertiary alicyclic amines) is 3. The van der Waals surface area contributed by atoms with Crippen LogP contribution in [0, 0.1) is 38.5 Å². The Bertz CT molecular complexity index is 4910. The lowest BCUT2D eigenvalue weighted by molar-refractivity contribution is -0.134. The Balaban J connectivity index is 0.000000185. The maximum Gasteiger partial charge on any atom is 0.222 e. The number of alkyl halides is 1. The Kier molecular flexibility index (Phi) is 33.4. The molecule has 0 radical (unpaired) electrons. The predicted molar refractivity (Wildman–Crippen MR) is 480 cm³/mol. The normalized spacial score (nSPS) is 16.4. The van der Waals surface area contributed by atoms with Crippen molar-refractivity contribution in [2.45, 2.75) is 218 Å². The molecule has 0 unspecified atom stereocenters. The summed E-state index contributed by atoms with van der Waals surface area (Å²) in [6, 6.07) is 64.6. The SMILES string of the molecule is C.C.C.CCCCn1c([C@@H]2CCCN(C(=O)C[C@H](C)Cc3ccc4ccccc4c3)C2)nc2c(C)cccc21.CCCCn1c([C@@H]2CCCN(C(=O)C[C@H](C)Cc3ccc4ccccc4c3)C2)nc2cccc(C)c21.COCCCBr.Cc1cccc2[nH]c([C@@H]3CCCN(C(=O)C[C@H](C)Cc4ccc5ccccc5c4)C3)nc12. The van der Waals surface area contributed by atoms with E-state index in [2.05, 4.69) is 282 Å². The minimum Gasteiger partial charge on any atom is -0.385 e. The van der Waals surface area contributed by atoms with Crippen LogP contribution in [-0.4, -0.2) is 120 Å². The van der Waals surface area contributed by atoms with Crippen LogP contribution >= 0.6 is 15.9 Å². The summed E-state index contributed by atoms with van der Waals surface area (Å²) < 4.78 is 9.64. The van der Waals surface area contributed by atoms with Crippen molar-refractivity contribution in [2.24, 2.45) is 17.8 Å². The summed E-state index contributed by atoms with van der Waals surface area (Å²) in [5.41, 5.74) is 14.5. The van der Waals surface area contributed by atoms with E-state index in [-0.39, 0.29) is 34.1 Å². The van der Waals surface area contributed by atoms with Crippen molar-refractivity contribution in [1.29, 1.82) is 0 Å². The molecule has 6 atom stereocenters. The number of piperidine rings is 3. The van der Waals surface area contributed by atoms with Crippen molar-refractivity contribution in [3.05, 3.63) is 233 Å². The number of rotatable bonds is 24. The highest BCUT2D eigenvalue weighted by Gasteiger charge is 2.33. The molecule has 3 aliphatic heterocycles. The fourth-order valence-corrected chi connectivity index (χ4v) is 17.3. The first-order valence-corrected chi connectivity index (χ1v) is 42.3. The van der Waals surface area contributed by atoms with Gasteiger partial charge < -0.3 is 33.6 Å². The van der Waals surface area contributed by atoms with Crippen molar-refractivity contribution in [3.8, 4) is 0 Å². The maximum atomic E-state index is 13.4. The second-order valence-corrected chi connectivity index (χ2v) is 32.9. The van der Waals surface area contributed by atoms with E-state index in [1.165, 1.54) is 88.4 Å². The minimum atomic E-state index is 0. The van der Waals surface area contributed by atoms with Gasteiger partial charge in [-0.15, -0.1) is 0 Å². The van der Waals surface area contributed by atoms with Crippen LogP contribution in [0.5, 0.6) is 0 Å². The van der Waals surface area contributed by atoms with Crippen LogP contribution in [0.25, 0.3) is 65.4 Å². The number of hydrogen-bond donors (Lipinski definition) is 1. The molecule has 13 nitrogen and oxygen atoms in total. The Hall–Kier alpha value is -8.98. The number of carbonyl (C=O) groups is 3. The van der Waals surface area contributed by atoms with Gasteiger partial charge in [0, 0.05) is 108 Å². The third-order valence-corrected chi connectivity index (χ3v) is 23.5. The number of H-pyrrole nitrogens is 1. The molecule has 0 saturated carbocycles. The van der Waals surface area contributed by atoms with Crippen molar-refractivity contribution >= 4 is 99.1 Å². The summed E-state index contributed by atoms with van der Waals surface area (Å²) in [6.07, 6.45) is 16.7. The van der Waals surface area contributed by atoms with Crippen molar-refractivity contribution < 1.29 is 19.1 Å². The van der Waals surface area contributed by atoms with E-state index in [0.29, 0.717) is 60.7 Å². The first-order valence-electron chi connectivity index (χ1n) is 41.2. The molecular weight excluding hydrogens is 1460 g/mol. The molecule has 0 bridgehead atoms. The molecule has 3 saturated heterocycles. The van der Waals surface area contributed by atoms with Gasteiger partial charge in [-0.25, -0.2) is 15.0 Å². The van der Waals surface area contributed by atoms with Gasteiger partial charge in [0.1, 0.15) is 17.5 Å². The van der Waals surface area contributed by atoms with Crippen LogP contribution in [0.4, 0.5) is 0 Å². The number of carbonyl (C=O) groups excluding carboxylic acids is 3. The molecule has 14 heteroatoms. The second-order valence-electron chi connectivity index (χ2n) is 32.1. The average Bonchev–Trinajstić information content (AvgIpc) is 1.64. The monoisotopic (exact) mass is 1590 g/mol. The second kappa shape index (κ2) is 42.9. The van der Waals surface area contributed by atoms with Gasteiger partial charge in [0.15, 0.2) is 0 Å². The summed E-state index contributed by atoms with van der Waals surface area (Å²) >= 11 is 3.27. The molecule has 113 heavy (non-hydrogen) atoms. The van der Waals surface area contributed by atoms with E-state index >= 15 is 0 Å². The Labute approximate surface area is 684 Å². The zero-order chi connectivity index (χ0) is 77.0. The van der Waals surface area contributed by atoms with Gasteiger partial charge >= 0.3 is 0 Å². The molecule has 3 amide bonds. The van der Waals surface area contributed by atoms with Crippen LogP contribution in [-0.2, 0) is 51.5 Å². The summed E-state index contributed by atoms with van der Waals surface area (Å²) in [7, 11) is 1.71. The quantitative estimate of drug-likeness (QED) is 0.0470. The van der Waals surface area contributed by atoms with Gasteiger partial charge in [0.25, 0.3) is 0 Å². The number of hydrogen-bond acceptors (Lipinski definition) is 7. The van der Waals surface area contributed by atoms with Gasteiger partial charge in [-0.05, 0) is 199 Å². The molecule has 3 aromatic heterocycles. The van der Waals surface area contributed by atoms with E-state index in [1.54, 1.807) is 7.11 Å². The number of fused-ring (bicyclic) bond motifs is 6. The number of aryl methyl sites for hydroxylation is 5. The van der Waals surface area contributed by atoms with Crippen molar-refractivity contribution in [2.75, 3.05) is 58.3 Å². The summed E-state index contributed by atoms with van der Waals surface area (Å²) in [5, 5.41) is 8.65. The number of nitrogens with one attached hydrogen (secondary N) is 1. The molecule has 12 aromatic rings. The molecule has 6 heterocycles. The number of para-hydroxylation sites is 3. The molecule has 15 rings (SSSR count). The highest BCUT2D eigenvalue weighted by molar-refractivity contribution is 9.09. The lowest BCUT2D eigenvalue weighted by atomic mass is 9.93. The van der Waals surface area contributed by atoms with Crippen molar-refractivity contribution in [3.63, 3.8) is 0 Å². The Morgan fingerprint density at radius 3 is 1.34 bits per heavy atom. The van der Waals surface area contributed by atoms with Crippen LogP contribution in [0.3, 0.4) is 0 Å². The minimum absolute atomic E-state index is 0. The van der Waals surface area contributed by atoms with Gasteiger partial charge in [0.05, 0.1) is 33.1 Å². The van der Waals surface area contributed by atoms with Crippen LogP contribution in [0.1, 0.15) is 215 Å². The number of amides is 3. The number of methoxy groups -OCH3 is 1. The molecule has 602 valence electrons. The summed E-state index contributed by atoms with van der Waals surface area (Å²) in [5.74, 6) is 6.08. The zero-order valence-electron chi connectivity index (χ0n) is 67.0. The summed E-state index contributed by atoms with van der Waals surface area (Å²) in [6.45, 7) is 25.3. The molecule has 9 aromatic carbocycles. The average molecular weight is 1590 g/mol. The van der Waals surface area contributed by atoms with Crippen molar-refractivity contribution in [1.82, 2.24) is 43.8 Å². The van der Waals surface area contributed by atoms with Gasteiger partial charge in [-0.2, -0.15) is 0 Å². The van der Waals surface area contributed by atoms with E-state index in [0.717, 1.165) is 182 Å².